The van der Waals surface area contributed by atoms with Crippen LogP contribution in [0, 0.1) is 0 Å². The number of rotatable bonds is 7. The predicted octanol–water partition coefficient (Wildman–Crippen LogP) is 3.10. The van der Waals surface area contributed by atoms with Gasteiger partial charge in [0.15, 0.2) is 0 Å². The molecule has 0 aliphatic carbocycles. The molecular formula is C22H29N3O3. The van der Waals surface area contributed by atoms with E-state index in [-0.39, 0.29) is 12.0 Å². The molecule has 1 saturated heterocycles. The lowest BCUT2D eigenvalue weighted by Crippen LogP contribution is -2.49. The van der Waals surface area contributed by atoms with Crippen molar-refractivity contribution in [2.24, 2.45) is 0 Å². The second-order valence-electron chi connectivity index (χ2n) is 7.04. The number of piperazine rings is 1. The molecular weight excluding hydrogens is 354 g/mol. The molecule has 0 bridgehead atoms. The summed E-state index contributed by atoms with van der Waals surface area (Å²) in [6.07, 6.45) is 0. The molecule has 1 aliphatic heterocycles. The molecule has 1 atom stereocenters. The number of methoxy groups -OCH3 is 2. The molecule has 1 fully saturated rings. The van der Waals surface area contributed by atoms with Crippen molar-refractivity contribution in [1.29, 1.82) is 0 Å². The predicted molar refractivity (Wildman–Crippen MR) is 113 cm³/mol. The van der Waals surface area contributed by atoms with Crippen LogP contribution in [0.15, 0.2) is 48.5 Å². The summed E-state index contributed by atoms with van der Waals surface area (Å²) < 4.78 is 10.4. The van der Waals surface area contributed by atoms with Crippen LogP contribution in [0.4, 0.5) is 11.4 Å². The molecule has 3 rings (SSSR count). The Kier molecular flexibility index (Phi) is 6.76. The van der Waals surface area contributed by atoms with E-state index < -0.39 is 0 Å². The number of esters is 1. The third kappa shape index (κ3) is 4.75. The smallest absolute Gasteiger partial charge is 0.340 e. The topological polar surface area (TPSA) is 54.0 Å². The standard InChI is InChI=1S/C22H29N3O3/c1-17(23-21-19(22(26)28-3)10-7-11-20(21)27-2)16-24-12-14-25(15-13-24)18-8-5-4-6-9-18/h4-11,17,23H,12-16H2,1-3H3. The van der Waals surface area contributed by atoms with Crippen molar-refractivity contribution >= 4 is 17.3 Å². The van der Waals surface area contributed by atoms with Gasteiger partial charge in [0, 0.05) is 44.5 Å². The molecule has 0 spiro atoms. The summed E-state index contributed by atoms with van der Waals surface area (Å²) in [6.45, 7) is 7.06. The van der Waals surface area contributed by atoms with E-state index >= 15 is 0 Å². The van der Waals surface area contributed by atoms with E-state index in [4.69, 9.17) is 9.47 Å². The lowest BCUT2D eigenvalue weighted by Gasteiger charge is -2.37. The maximum absolute atomic E-state index is 12.1. The molecule has 1 aliphatic rings. The highest BCUT2D eigenvalue weighted by molar-refractivity contribution is 5.97. The Bertz CT molecular complexity index is 774. The van der Waals surface area contributed by atoms with Crippen LogP contribution in [-0.2, 0) is 4.74 Å². The zero-order valence-electron chi connectivity index (χ0n) is 16.9. The van der Waals surface area contributed by atoms with Crippen LogP contribution >= 0.6 is 0 Å². The van der Waals surface area contributed by atoms with Crippen molar-refractivity contribution in [2.45, 2.75) is 13.0 Å². The molecule has 1 unspecified atom stereocenters. The van der Waals surface area contributed by atoms with Crippen molar-refractivity contribution in [3.63, 3.8) is 0 Å². The summed E-state index contributed by atoms with van der Waals surface area (Å²) in [5.41, 5.74) is 2.46. The summed E-state index contributed by atoms with van der Waals surface area (Å²) in [6, 6.07) is 16.1. The summed E-state index contributed by atoms with van der Waals surface area (Å²) in [5, 5.41) is 3.45. The summed E-state index contributed by atoms with van der Waals surface area (Å²) in [7, 11) is 3.00. The Morgan fingerprint density at radius 1 is 1.04 bits per heavy atom. The van der Waals surface area contributed by atoms with Gasteiger partial charge in [0.2, 0.25) is 0 Å². The largest absolute Gasteiger partial charge is 0.495 e. The molecule has 2 aromatic rings. The number of para-hydroxylation sites is 2. The van der Waals surface area contributed by atoms with Crippen LogP contribution < -0.4 is 15.0 Å². The SMILES string of the molecule is COC(=O)c1cccc(OC)c1NC(C)CN1CCN(c2ccccc2)CC1. The Hall–Kier alpha value is -2.73. The van der Waals surface area contributed by atoms with Gasteiger partial charge in [0.1, 0.15) is 5.75 Å². The van der Waals surface area contributed by atoms with Gasteiger partial charge < -0.3 is 19.7 Å². The van der Waals surface area contributed by atoms with Crippen molar-refractivity contribution < 1.29 is 14.3 Å². The molecule has 0 radical (unpaired) electrons. The maximum Gasteiger partial charge on any atom is 0.340 e. The molecule has 0 saturated carbocycles. The van der Waals surface area contributed by atoms with Crippen LogP contribution in [-0.4, -0.2) is 63.9 Å². The molecule has 1 N–H and O–H groups in total. The first-order valence-corrected chi connectivity index (χ1v) is 9.66. The summed E-state index contributed by atoms with van der Waals surface area (Å²) in [4.78, 5) is 17.0. The minimum Gasteiger partial charge on any atom is -0.495 e. The normalized spacial score (nSPS) is 15.8. The molecule has 0 amide bonds. The van der Waals surface area contributed by atoms with Crippen molar-refractivity contribution in [3.05, 3.63) is 54.1 Å². The fourth-order valence-corrected chi connectivity index (χ4v) is 3.64. The van der Waals surface area contributed by atoms with Crippen LogP contribution in [0.1, 0.15) is 17.3 Å². The van der Waals surface area contributed by atoms with Crippen LogP contribution in [0.5, 0.6) is 5.75 Å². The van der Waals surface area contributed by atoms with Crippen LogP contribution in [0.25, 0.3) is 0 Å². The quantitative estimate of drug-likeness (QED) is 0.742. The van der Waals surface area contributed by atoms with Gasteiger partial charge in [0.25, 0.3) is 0 Å². The van der Waals surface area contributed by atoms with Gasteiger partial charge in [-0.2, -0.15) is 0 Å². The first kappa shape index (κ1) is 20.0. The lowest BCUT2D eigenvalue weighted by atomic mass is 10.1. The molecule has 28 heavy (non-hydrogen) atoms. The second-order valence-corrected chi connectivity index (χ2v) is 7.04. The Labute approximate surface area is 167 Å². The number of hydrogen-bond acceptors (Lipinski definition) is 6. The van der Waals surface area contributed by atoms with Gasteiger partial charge in [-0.3, -0.25) is 4.90 Å². The third-order valence-electron chi connectivity index (χ3n) is 5.07. The molecule has 6 nitrogen and oxygen atoms in total. The third-order valence-corrected chi connectivity index (χ3v) is 5.07. The number of hydrogen-bond donors (Lipinski definition) is 1. The van der Waals surface area contributed by atoms with E-state index in [2.05, 4.69) is 46.3 Å². The fraction of sp³-hybridized carbons (Fsp3) is 0.409. The number of ether oxygens (including phenoxy) is 2. The Balaban J connectivity index is 1.59. The highest BCUT2D eigenvalue weighted by Gasteiger charge is 2.21. The van der Waals surface area contributed by atoms with E-state index in [9.17, 15) is 4.79 Å². The zero-order chi connectivity index (χ0) is 19.9. The number of nitrogens with one attached hydrogen (secondary N) is 1. The second kappa shape index (κ2) is 9.46. The Morgan fingerprint density at radius 2 is 1.75 bits per heavy atom. The van der Waals surface area contributed by atoms with Crippen molar-refractivity contribution in [2.75, 3.05) is 57.2 Å². The minimum absolute atomic E-state index is 0.156. The molecule has 2 aromatic carbocycles. The van der Waals surface area contributed by atoms with Gasteiger partial charge in [-0.25, -0.2) is 4.79 Å². The molecule has 150 valence electrons. The number of carbonyl (C=O) groups excluding carboxylic acids is 1. The summed E-state index contributed by atoms with van der Waals surface area (Å²) >= 11 is 0. The first-order chi connectivity index (χ1) is 13.6. The van der Waals surface area contributed by atoms with E-state index in [1.807, 2.05) is 12.1 Å². The van der Waals surface area contributed by atoms with Gasteiger partial charge in [0.05, 0.1) is 25.5 Å². The highest BCUT2D eigenvalue weighted by atomic mass is 16.5. The summed E-state index contributed by atoms with van der Waals surface area (Å²) in [5.74, 6) is 0.272. The van der Waals surface area contributed by atoms with Crippen molar-refractivity contribution in [1.82, 2.24) is 4.90 Å². The van der Waals surface area contributed by atoms with E-state index in [0.29, 0.717) is 17.0 Å². The maximum atomic E-state index is 12.1. The monoisotopic (exact) mass is 383 g/mol. The van der Waals surface area contributed by atoms with Gasteiger partial charge in [-0.15, -0.1) is 0 Å². The first-order valence-electron chi connectivity index (χ1n) is 9.66. The van der Waals surface area contributed by atoms with Crippen molar-refractivity contribution in [3.8, 4) is 5.75 Å². The lowest BCUT2D eigenvalue weighted by molar-refractivity contribution is 0.0601. The van der Waals surface area contributed by atoms with Gasteiger partial charge >= 0.3 is 5.97 Å². The van der Waals surface area contributed by atoms with E-state index in [1.165, 1.54) is 12.8 Å². The Morgan fingerprint density at radius 3 is 2.39 bits per heavy atom. The number of nitrogens with zero attached hydrogens (tertiary/aromatic N) is 2. The van der Waals surface area contributed by atoms with Crippen LogP contribution in [0.3, 0.4) is 0 Å². The molecule has 6 heteroatoms. The number of carbonyl (C=O) groups is 1. The minimum atomic E-state index is -0.370. The highest BCUT2D eigenvalue weighted by Crippen LogP contribution is 2.29. The fourth-order valence-electron chi connectivity index (χ4n) is 3.64. The number of benzene rings is 2. The number of anilines is 2. The van der Waals surface area contributed by atoms with E-state index in [1.54, 1.807) is 19.2 Å². The average Bonchev–Trinajstić information content (AvgIpc) is 2.74. The van der Waals surface area contributed by atoms with E-state index in [0.717, 1.165) is 32.7 Å². The zero-order valence-corrected chi connectivity index (χ0v) is 16.9. The van der Waals surface area contributed by atoms with Gasteiger partial charge in [-0.1, -0.05) is 24.3 Å². The molecule has 1 heterocycles. The van der Waals surface area contributed by atoms with Gasteiger partial charge in [-0.05, 0) is 31.2 Å². The average molecular weight is 383 g/mol. The van der Waals surface area contributed by atoms with Crippen LogP contribution in [0.2, 0.25) is 0 Å². The molecule has 0 aromatic heterocycles.